The molecule has 1 amide bonds. The maximum Gasteiger partial charge on any atom is 0.274 e. The maximum absolute atomic E-state index is 12.3. The standard InChI is InChI=1S/C15H21N5O3S/c1-23-9-6-16-13(22)11-10-12(21)17-14-20(11)18-15(24-14)19-7-4-2-3-5-8-19/h10H,2-9H2,1H3,(H,16,22). The van der Waals surface area contributed by atoms with Gasteiger partial charge in [0, 0.05) is 32.8 Å². The zero-order chi connectivity index (χ0) is 16.9. The van der Waals surface area contributed by atoms with Crippen molar-refractivity contribution in [1.82, 2.24) is 19.9 Å². The molecule has 0 atom stereocenters. The summed E-state index contributed by atoms with van der Waals surface area (Å²) in [5, 5.41) is 8.06. The highest BCUT2D eigenvalue weighted by Crippen LogP contribution is 2.25. The summed E-state index contributed by atoms with van der Waals surface area (Å²) in [6.45, 7) is 2.67. The zero-order valence-corrected chi connectivity index (χ0v) is 14.5. The third kappa shape index (κ3) is 3.73. The van der Waals surface area contributed by atoms with Crippen LogP contribution in [0.25, 0.3) is 4.96 Å². The number of carbonyl (C=O) groups is 1. The van der Waals surface area contributed by atoms with Crippen LogP contribution in [0, 0.1) is 0 Å². The fourth-order valence-electron chi connectivity index (χ4n) is 2.71. The smallest absolute Gasteiger partial charge is 0.274 e. The molecule has 9 heteroatoms. The Morgan fingerprint density at radius 3 is 2.79 bits per heavy atom. The van der Waals surface area contributed by atoms with Gasteiger partial charge in [-0.05, 0) is 12.8 Å². The number of hydrogen-bond acceptors (Lipinski definition) is 7. The number of amides is 1. The van der Waals surface area contributed by atoms with Gasteiger partial charge in [-0.25, -0.2) is 0 Å². The van der Waals surface area contributed by atoms with Crippen molar-refractivity contribution in [3.63, 3.8) is 0 Å². The van der Waals surface area contributed by atoms with E-state index in [2.05, 4.69) is 20.3 Å². The first-order valence-corrected chi connectivity index (χ1v) is 8.93. The molecule has 3 rings (SSSR count). The molecule has 1 aliphatic heterocycles. The van der Waals surface area contributed by atoms with Gasteiger partial charge in [-0.2, -0.15) is 9.50 Å². The van der Waals surface area contributed by atoms with Crippen molar-refractivity contribution in [1.29, 1.82) is 0 Å². The van der Waals surface area contributed by atoms with Crippen LogP contribution in [-0.2, 0) is 4.74 Å². The summed E-state index contributed by atoms with van der Waals surface area (Å²) in [7, 11) is 1.56. The summed E-state index contributed by atoms with van der Waals surface area (Å²) < 4.78 is 6.39. The van der Waals surface area contributed by atoms with E-state index in [1.54, 1.807) is 7.11 Å². The van der Waals surface area contributed by atoms with E-state index >= 15 is 0 Å². The number of aromatic nitrogens is 3. The Balaban J connectivity index is 1.91. The molecular formula is C15H21N5O3S. The topological polar surface area (TPSA) is 88.8 Å². The molecule has 8 nitrogen and oxygen atoms in total. The first kappa shape index (κ1) is 16.8. The zero-order valence-electron chi connectivity index (χ0n) is 13.7. The van der Waals surface area contributed by atoms with Crippen LogP contribution in [0.15, 0.2) is 10.9 Å². The molecule has 2 aromatic rings. The molecule has 130 valence electrons. The first-order valence-electron chi connectivity index (χ1n) is 8.12. The van der Waals surface area contributed by atoms with Crippen LogP contribution in [0.4, 0.5) is 5.13 Å². The Morgan fingerprint density at radius 2 is 2.08 bits per heavy atom. The molecular weight excluding hydrogens is 330 g/mol. The van der Waals surface area contributed by atoms with Crippen LogP contribution in [0.3, 0.4) is 0 Å². The third-order valence-electron chi connectivity index (χ3n) is 3.94. The molecule has 1 N–H and O–H groups in total. The van der Waals surface area contributed by atoms with Gasteiger partial charge in [-0.3, -0.25) is 9.59 Å². The normalized spacial score (nSPS) is 15.5. The van der Waals surface area contributed by atoms with Crippen LogP contribution >= 0.6 is 11.3 Å². The molecule has 0 spiro atoms. The number of carbonyl (C=O) groups excluding carboxylic acids is 1. The molecule has 0 saturated carbocycles. The van der Waals surface area contributed by atoms with Gasteiger partial charge in [0.1, 0.15) is 5.69 Å². The van der Waals surface area contributed by atoms with Crippen molar-refractivity contribution in [3.8, 4) is 0 Å². The number of rotatable bonds is 5. The highest BCUT2D eigenvalue weighted by atomic mass is 32.1. The predicted molar refractivity (Wildman–Crippen MR) is 92.0 cm³/mol. The van der Waals surface area contributed by atoms with Crippen molar-refractivity contribution < 1.29 is 9.53 Å². The molecule has 1 aliphatic rings. The molecule has 0 aliphatic carbocycles. The van der Waals surface area contributed by atoms with Gasteiger partial charge in [0.05, 0.1) is 6.61 Å². The van der Waals surface area contributed by atoms with Gasteiger partial charge in [-0.1, -0.05) is 24.2 Å². The lowest BCUT2D eigenvalue weighted by Crippen LogP contribution is -2.30. The van der Waals surface area contributed by atoms with Crippen molar-refractivity contribution in [3.05, 3.63) is 22.1 Å². The van der Waals surface area contributed by atoms with Gasteiger partial charge in [-0.15, -0.1) is 5.10 Å². The minimum atomic E-state index is -0.432. The van der Waals surface area contributed by atoms with Gasteiger partial charge in [0.15, 0.2) is 0 Å². The van der Waals surface area contributed by atoms with Gasteiger partial charge >= 0.3 is 0 Å². The van der Waals surface area contributed by atoms with Gasteiger partial charge < -0.3 is 15.0 Å². The maximum atomic E-state index is 12.3. The number of hydrogen-bond donors (Lipinski definition) is 1. The number of fused-ring (bicyclic) bond motifs is 1. The third-order valence-corrected chi connectivity index (χ3v) is 4.91. The van der Waals surface area contributed by atoms with Crippen molar-refractivity contribution in [2.75, 3.05) is 38.3 Å². The average Bonchev–Trinajstić information content (AvgIpc) is 2.80. The second-order valence-corrected chi connectivity index (χ2v) is 6.64. The van der Waals surface area contributed by atoms with Crippen molar-refractivity contribution in [2.24, 2.45) is 0 Å². The fraction of sp³-hybridized carbons (Fsp3) is 0.600. The Kier molecular flexibility index (Phi) is 5.41. The number of nitrogens with one attached hydrogen (secondary N) is 1. The van der Waals surface area contributed by atoms with E-state index in [1.807, 2.05) is 0 Å². The largest absolute Gasteiger partial charge is 0.383 e. The summed E-state index contributed by atoms with van der Waals surface area (Å²) in [5.41, 5.74) is -0.226. The predicted octanol–water partition coefficient (Wildman–Crippen LogP) is 0.908. The Labute approximate surface area is 143 Å². The van der Waals surface area contributed by atoms with E-state index in [1.165, 1.54) is 34.8 Å². The number of ether oxygens (including phenoxy) is 1. The lowest BCUT2D eigenvalue weighted by molar-refractivity contribution is 0.0929. The minimum Gasteiger partial charge on any atom is -0.383 e. The highest BCUT2D eigenvalue weighted by molar-refractivity contribution is 7.20. The van der Waals surface area contributed by atoms with Crippen LogP contribution in [0.2, 0.25) is 0 Å². The molecule has 1 fully saturated rings. The lowest BCUT2D eigenvalue weighted by Gasteiger charge is -2.17. The number of anilines is 1. The molecule has 3 heterocycles. The number of methoxy groups -OCH3 is 1. The van der Waals surface area contributed by atoms with E-state index in [0.717, 1.165) is 31.1 Å². The van der Waals surface area contributed by atoms with Crippen LogP contribution in [-0.4, -0.2) is 53.9 Å². The summed E-state index contributed by atoms with van der Waals surface area (Å²) in [5.74, 6) is -0.353. The Bertz CT molecular complexity index is 764. The summed E-state index contributed by atoms with van der Waals surface area (Å²) in [4.78, 5) is 30.8. The summed E-state index contributed by atoms with van der Waals surface area (Å²) in [6.07, 6.45) is 4.71. The molecule has 0 radical (unpaired) electrons. The van der Waals surface area contributed by atoms with Crippen LogP contribution in [0.1, 0.15) is 36.2 Å². The minimum absolute atomic E-state index is 0.207. The van der Waals surface area contributed by atoms with E-state index in [4.69, 9.17) is 4.74 Å². The first-order chi connectivity index (χ1) is 11.7. The molecule has 24 heavy (non-hydrogen) atoms. The van der Waals surface area contributed by atoms with E-state index in [-0.39, 0.29) is 11.6 Å². The van der Waals surface area contributed by atoms with E-state index in [0.29, 0.717) is 18.1 Å². The molecule has 0 bridgehead atoms. The highest BCUT2D eigenvalue weighted by Gasteiger charge is 2.19. The Morgan fingerprint density at radius 1 is 1.33 bits per heavy atom. The monoisotopic (exact) mass is 351 g/mol. The quantitative estimate of drug-likeness (QED) is 0.806. The molecule has 0 aromatic carbocycles. The van der Waals surface area contributed by atoms with Crippen LogP contribution in [0.5, 0.6) is 0 Å². The number of nitrogens with zero attached hydrogens (tertiary/aromatic N) is 4. The van der Waals surface area contributed by atoms with Gasteiger partial charge in [0.2, 0.25) is 10.1 Å². The Hall–Kier alpha value is -2.00. The summed E-state index contributed by atoms with van der Waals surface area (Å²) in [6, 6.07) is 1.22. The summed E-state index contributed by atoms with van der Waals surface area (Å²) >= 11 is 1.35. The second-order valence-electron chi connectivity index (χ2n) is 5.71. The fourth-order valence-corrected chi connectivity index (χ4v) is 3.67. The second kappa shape index (κ2) is 7.71. The molecule has 0 unspecified atom stereocenters. The van der Waals surface area contributed by atoms with Gasteiger partial charge in [0.25, 0.3) is 11.5 Å². The lowest BCUT2D eigenvalue weighted by atomic mass is 10.2. The van der Waals surface area contributed by atoms with Crippen LogP contribution < -0.4 is 15.8 Å². The van der Waals surface area contributed by atoms with Crippen molar-refractivity contribution >= 4 is 27.3 Å². The SMILES string of the molecule is COCCNC(=O)c1cc(=O)nc2sc(N3CCCCCC3)nn12. The molecule has 2 aromatic heterocycles. The molecule has 1 saturated heterocycles. The van der Waals surface area contributed by atoms with Crippen molar-refractivity contribution in [2.45, 2.75) is 25.7 Å². The average molecular weight is 351 g/mol. The van der Waals surface area contributed by atoms with E-state index < -0.39 is 5.56 Å². The van der Waals surface area contributed by atoms with E-state index in [9.17, 15) is 9.59 Å².